The number of hydrogen-bond donors (Lipinski definition) is 2. The second-order valence-corrected chi connectivity index (χ2v) is 5.71. The summed E-state index contributed by atoms with van der Waals surface area (Å²) < 4.78 is 2.08. The molecule has 0 spiro atoms. The first-order chi connectivity index (χ1) is 9.13. The maximum absolute atomic E-state index is 10.6. The van der Waals surface area contributed by atoms with Crippen molar-refractivity contribution < 1.29 is 5.11 Å². The minimum Gasteiger partial charge on any atom is -0.494 e. The maximum atomic E-state index is 10.6. The van der Waals surface area contributed by atoms with Crippen LogP contribution in [0.5, 0.6) is 5.88 Å². The molecule has 2 aromatic rings. The lowest BCUT2D eigenvalue weighted by Gasteiger charge is -2.17. The maximum Gasteiger partial charge on any atom is 0.199 e. The molecule has 0 saturated heterocycles. The van der Waals surface area contributed by atoms with Crippen LogP contribution in [0.3, 0.4) is 0 Å². The van der Waals surface area contributed by atoms with Gasteiger partial charge < -0.3 is 15.0 Å². The van der Waals surface area contributed by atoms with Gasteiger partial charge in [0.15, 0.2) is 5.88 Å². The molecule has 0 atom stereocenters. The topological polar surface area (TPSA) is 37.2 Å². The van der Waals surface area contributed by atoms with E-state index in [-0.39, 0.29) is 0 Å². The van der Waals surface area contributed by atoms with Crippen molar-refractivity contribution in [1.82, 2.24) is 9.88 Å². The van der Waals surface area contributed by atoms with Gasteiger partial charge >= 0.3 is 0 Å². The molecule has 3 heteroatoms. The van der Waals surface area contributed by atoms with Gasteiger partial charge in [-0.2, -0.15) is 0 Å². The van der Waals surface area contributed by atoms with E-state index in [0.717, 1.165) is 31.4 Å². The van der Waals surface area contributed by atoms with Gasteiger partial charge in [-0.05, 0) is 29.5 Å². The Bertz CT molecular complexity index is 625. The lowest BCUT2D eigenvalue weighted by molar-refractivity contribution is 0.396. The molecule has 0 unspecified atom stereocenters. The fourth-order valence-corrected chi connectivity index (χ4v) is 3.10. The number of nitrogens with zero attached hydrogens (tertiary/aromatic N) is 1. The molecule has 0 saturated carbocycles. The fraction of sp³-hybridized carbons (Fsp3) is 0.500. The highest BCUT2D eigenvalue weighted by Crippen LogP contribution is 2.38. The minimum atomic E-state index is 0.428. The fourth-order valence-electron chi connectivity index (χ4n) is 3.10. The molecular formula is C16H22N2O. The Kier molecular flexibility index (Phi) is 3.02. The summed E-state index contributed by atoms with van der Waals surface area (Å²) in [5.41, 5.74) is 3.86. The Morgan fingerprint density at radius 2 is 2.16 bits per heavy atom. The second kappa shape index (κ2) is 4.57. The molecule has 0 fully saturated rings. The van der Waals surface area contributed by atoms with Crippen LogP contribution >= 0.6 is 0 Å². The zero-order chi connectivity index (χ0) is 13.6. The average molecular weight is 258 g/mol. The number of aryl methyl sites for hydroxylation is 1. The van der Waals surface area contributed by atoms with Crippen molar-refractivity contribution in [2.75, 3.05) is 6.54 Å². The van der Waals surface area contributed by atoms with Crippen LogP contribution in [0, 0.1) is 0 Å². The number of nitrogens with one attached hydrogen (secondary N) is 1. The molecule has 1 aliphatic rings. The molecule has 2 N–H and O–H groups in total. The van der Waals surface area contributed by atoms with Crippen LogP contribution in [-0.2, 0) is 19.5 Å². The van der Waals surface area contributed by atoms with E-state index in [2.05, 4.69) is 42.8 Å². The Morgan fingerprint density at radius 3 is 2.84 bits per heavy atom. The van der Waals surface area contributed by atoms with Crippen LogP contribution in [0.25, 0.3) is 10.8 Å². The van der Waals surface area contributed by atoms with Gasteiger partial charge in [-0.3, -0.25) is 0 Å². The summed E-state index contributed by atoms with van der Waals surface area (Å²) in [4.78, 5) is 0. The van der Waals surface area contributed by atoms with Gasteiger partial charge in [0.1, 0.15) is 0 Å². The van der Waals surface area contributed by atoms with E-state index < -0.39 is 0 Å². The van der Waals surface area contributed by atoms with Crippen LogP contribution in [-0.4, -0.2) is 16.2 Å². The molecule has 1 aliphatic heterocycles. The van der Waals surface area contributed by atoms with Gasteiger partial charge in [-0.1, -0.05) is 26.8 Å². The van der Waals surface area contributed by atoms with E-state index >= 15 is 0 Å². The van der Waals surface area contributed by atoms with Gasteiger partial charge in [0.05, 0.1) is 0 Å². The third-order valence-electron chi connectivity index (χ3n) is 4.18. The first-order valence-electron chi connectivity index (χ1n) is 7.21. The SMILES string of the molecule is CCc1cc(C(C)C)c2c(O)n3c(c2c1)CNCC3. The van der Waals surface area contributed by atoms with Crippen molar-refractivity contribution >= 4 is 10.8 Å². The summed E-state index contributed by atoms with van der Waals surface area (Å²) in [7, 11) is 0. The standard InChI is InChI=1S/C16H22N2O/c1-4-11-7-12(10(2)3)15-13(8-11)14-9-17-5-6-18(14)16(15)19/h7-8,10,17,19H,4-6,9H2,1-3H3. The van der Waals surface area contributed by atoms with E-state index in [9.17, 15) is 5.11 Å². The normalized spacial score (nSPS) is 15.2. The molecule has 19 heavy (non-hydrogen) atoms. The van der Waals surface area contributed by atoms with Gasteiger partial charge in [-0.15, -0.1) is 0 Å². The molecule has 0 bridgehead atoms. The van der Waals surface area contributed by atoms with Crippen molar-refractivity contribution in [3.05, 3.63) is 29.0 Å². The lowest BCUT2D eigenvalue weighted by Crippen LogP contribution is -2.27. The predicted octanol–water partition coefficient (Wildman–Crippen LogP) is 3.14. The summed E-state index contributed by atoms with van der Waals surface area (Å²) in [5, 5.41) is 16.3. The monoisotopic (exact) mass is 258 g/mol. The van der Waals surface area contributed by atoms with Gasteiger partial charge in [-0.25, -0.2) is 0 Å². The number of aromatic hydroxyl groups is 1. The van der Waals surface area contributed by atoms with E-state index in [4.69, 9.17) is 0 Å². The molecule has 1 aromatic carbocycles. The van der Waals surface area contributed by atoms with Crippen LogP contribution < -0.4 is 5.32 Å². The molecule has 3 nitrogen and oxygen atoms in total. The number of hydrogen-bond acceptors (Lipinski definition) is 2. The summed E-state index contributed by atoms with van der Waals surface area (Å²) in [5.74, 6) is 0.884. The van der Waals surface area contributed by atoms with Crippen molar-refractivity contribution in [2.24, 2.45) is 0 Å². The third kappa shape index (κ3) is 1.84. The molecule has 102 valence electrons. The zero-order valence-electron chi connectivity index (χ0n) is 12.0. The Hall–Kier alpha value is -1.48. The predicted molar refractivity (Wildman–Crippen MR) is 78.8 cm³/mol. The summed E-state index contributed by atoms with van der Waals surface area (Å²) >= 11 is 0. The van der Waals surface area contributed by atoms with Crippen LogP contribution in [0.15, 0.2) is 12.1 Å². The second-order valence-electron chi connectivity index (χ2n) is 5.71. The average Bonchev–Trinajstić information content (AvgIpc) is 2.72. The lowest BCUT2D eigenvalue weighted by atomic mass is 9.94. The number of benzene rings is 1. The highest BCUT2D eigenvalue weighted by atomic mass is 16.3. The zero-order valence-corrected chi connectivity index (χ0v) is 12.0. The van der Waals surface area contributed by atoms with Crippen molar-refractivity contribution in [1.29, 1.82) is 0 Å². The first-order valence-corrected chi connectivity index (χ1v) is 7.21. The largest absolute Gasteiger partial charge is 0.494 e. The highest BCUT2D eigenvalue weighted by Gasteiger charge is 2.22. The number of fused-ring (bicyclic) bond motifs is 3. The Morgan fingerprint density at radius 1 is 1.37 bits per heavy atom. The first kappa shape index (κ1) is 12.5. The Balaban J connectivity index is 2.38. The van der Waals surface area contributed by atoms with E-state index in [1.54, 1.807) is 0 Å². The molecule has 2 heterocycles. The number of rotatable bonds is 2. The van der Waals surface area contributed by atoms with Crippen LogP contribution in [0.1, 0.15) is 43.5 Å². The van der Waals surface area contributed by atoms with E-state index in [1.807, 2.05) is 0 Å². The van der Waals surface area contributed by atoms with E-state index in [1.165, 1.54) is 22.2 Å². The van der Waals surface area contributed by atoms with Crippen molar-refractivity contribution in [3.63, 3.8) is 0 Å². The van der Waals surface area contributed by atoms with Crippen molar-refractivity contribution in [3.8, 4) is 5.88 Å². The summed E-state index contributed by atoms with van der Waals surface area (Å²) in [6, 6.07) is 4.51. The van der Waals surface area contributed by atoms with Gasteiger partial charge in [0, 0.05) is 36.1 Å². The molecule has 3 rings (SSSR count). The van der Waals surface area contributed by atoms with Gasteiger partial charge in [0.2, 0.25) is 0 Å². The minimum absolute atomic E-state index is 0.428. The number of aromatic nitrogens is 1. The van der Waals surface area contributed by atoms with Crippen molar-refractivity contribution in [2.45, 2.75) is 46.2 Å². The third-order valence-corrected chi connectivity index (χ3v) is 4.18. The summed E-state index contributed by atoms with van der Waals surface area (Å²) in [6.07, 6.45) is 1.04. The summed E-state index contributed by atoms with van der Waals surface area (Å²) in [6.45, 7) is 9.22. The smallest absolute Gasteiger partial charge is 0.199 e. The highest BCUT2D eigenvalue weighted by molar-refractivity contribution is 5.94. The quantitative estimate of drug-likeness (QED) is 0.868. The molecule has 0 aliphatic carbocycles. The molecule has 0 amide bonds. The molecule has 1 aromatic heterocycles. The van der Waals surface area contributed by atoms with Crippen LogP contribution in [0.4, 0.5) is 0 Å². The molecule has 0 radical (unpaired) electrons. The van der Waals surface area contributed by atoms with E-state index in [0.29, 0.717) is 11.8 Å². The van der Waals surface area contributed by atoms with Crippen LogP contribution in [0.2, 0.25) is 0 Å². The Labute approximate surface area is 114 Å². The molecular weight excluding hydrogens is 236 g/mol. The van der Waals surface area contributed by atoms with Gasteiger partial charge in [0.25, 0.3) is 0 Å².